The zero-order chi connectivity index (χ0) is 14.5. The van der Waals surface area contributed by atoms with Crippen LogP contribution in [0.4, 0.5) is 0 Å². The third kappa shape index (κ3) is 3.19. The molecule has 0 radical (unpaired) electrons. The van der Waals surface area contributed by atoms with Gasteiger partial charge < -0.3 is 15.4 Å². The molecule has 1 aromatic carbocycles. The standard InChI is InChI=1S/C16H24N2O2/c1-12-4-3-9-18(15(12)10-17)16(19)14-7-5-13(6-8-14)11-20-2/h5-8,12,15H,3-4,9-11,17H2,1-2H3/t12-,15+/m0/s1. The first-order chi connectivity index (χ1) is 9.67. The number of rotatable bonds is 4. The second-order valence-electron chi connectivity index (χ2n) is 5.55. The van der Waals surface area contributed by atoms with E-state index in [0.717, 1.165) is 30.5 Å². The van der Waals surface area contributed by atoms with Gasteiger partial charge in [-0.25, -0.2) is 0 Å². The van der Waals surface area contributed by atoms with Gasteiger partial charge in [-0.1, -0.05) is 19.1 Å². The molecule has 0 aliphatic carbocycles. The second kappa shape index (κ2) is 6.86. The molecule has 4 nitrogen and oxygen atoms in total. The number of benzene rings is 1. The summed E-state index contributed by atoms with van der Waals surface area (Å²) >= 11 is 0. The minimum absolute atomic E-state index is 0.0935. The van der Waals surface area contributed by atoms with Gasteiger partial charge in [-0.2, -0.15) is 0 Å². The maximum Gasteiger partial charge on any atom is 0.254 e. The van der Waals surface area contributed by atoms with E-state index in [4.69, 9.17) is 10.5 Å². The topological polar surface area (TPSA) is 55.6 Å². The first-order valence-electron chi connectivity index (χ1n) is 7.26. The number of methoxy groups -OCH3 is 1. The fourth-order valence-corrected chi connectivity index (χ4v) is 2.94. The van der Waals surface area contributed by atoms with Gasteiger partial charge in [-0.15, -0.1) is 0 Å². The van der Waals surface area contributed by atoms with Crippen LogP contribution in [0.3, 0.4) is 0 Å². The van der Waals surface area contributed by atoms with Crippen LogP contribution in [-0.2, 0) is 11.3 Å². The lowest BCUT2D eigenvalue weighted by atomic mass is 9.90. The van der Waals surface area contributed by atoms with Gasteiger partial charge in [0.2, 0.25) is 0 Å². The van der Waals surface area contributed by atoms with Gasteiger partial charge in [0, 0.05) is 31.8 Å². The van der Waals surface area contributed by atoms with Gasteiger partial charge in [-0.05, 0) is 36.5 Å². The largest absolute Gasteiger partial charge is 0.380 e. The third-order valence-electron chi connectivity index (χ3n) is 4.13. The van der Waals surface area contributed by atoms with Gasteiger partial charge in [0.05, 0.1) is 6.61 Å². The van der Waals surface area contributed by atoms with E-state index < -0.39 is 0 Å². The van der Waals surface area contributed by atoms with Crippen molar-refractivity contribution in [3.8, 4) is 0 Å². The maximum absolute atomic E-state index is 12.6. The summed E-state index contributed by atoms with van der Waals surface area (Å²) in [5, 5.41) is 0. The lowest BCUT2D eigenvalue weighted by Crippen LogP contribution is -2.51. The third-order valence-corrected chi connectivity index (χ3v) is 4.13. The molecule has 1 aromatic rings. The molecular weight excluding hydrogens is 252 g/mol. The fourth-order valence-electron chi connectivity index (χ4n) is 2.94. The number of ether oxygens (including phenoxy) is 1. The van der Waals surface area contributed by atoms with Crippen molar-refractivity contribution >= 4 is 5.91 Å². The molecular formula is C16H24N2O2. The van der Waals surface area contributed by atoms with Crippen molar-refractivity contribution in [2.75, 3.05) is 20.2 Å². The minimum atomic E-state index is 0.0935. The Balaban J connectivity index is 2.12. The zero-order valence-corrected chi connectivity index (χ0v) is 12.3. The van der Waals surface area contributed by atoms with Crippen LogP contribution in [0.2, 0.25) is 0 Å². The normalized spacial score (nSPS) is 22.9. The van der Waals surface area contributed by atoms with Gasteiger partial charge in [0.1, 0.15) is 0 Å². The Morgan fingerprint density at radius 2 is 2.10 bits per heavy atom. The number of nitrogens with zero attached hydrogens (tertiary/aromatic N) is 1. The SMILES string of the molecule is COCc1ccc(C(=O)N2CCC[C@H](C)[C@H]2CN)cc1. The van der Waals surface area contributed by atoms with Crippen LogP contribution in [0.25, 0.3) is 0 Å². The molecule has 1 amide bonds. The van der Waals surface area contributed by atoms with Crippen molar-refractivity contribution in [2.45, 2.75) is 32.4 Å². The van der Waals surface area contributed by atoms with Crippen molar-refractivity contribution in [1.29, 1.82) is 0 Å². The molecule has 110 valence electrons. The number of nitrogens with two attached hydrogens (primary N) is 1. The molecule has 2 atom stereocenters. The Morgan fingerprint density at radius 3 is 2.70 bits per heavy atom. The van der Waals surface area contributed by atoms with Crippen molar-refractivity contribution in [3.05, 3.63) is 35.4 Å². The Hall–Kier alpha value is -1.39. The van der Waals surface area contributed by atoms with Gasteiger partial charge in [-0.3, -0.25) is 4.79 Å². The summed E-state index contributed by atoms with van der Waals surface area (Å²) in [6.07, 6.45) is 2.21. The lowest BCUT2D eigenvalue weighted by molar-refractivity contribution is 0.0532. The van der Waals surface area contributed by atoms with Crippen LogP contribution < -0.4 is 5.73 Å². The summed E-state index contributed by atoms with van der Waals surface area (Å²) in [5.74, 6) is 0.571. The van der Waals surface area contributed by atoms with Crippen LogP contribution in [-0.4, -0.2) is 37.0 Å². The highest BCUT2D eigenvalue weighted by atomic mass is 16.5. The number of amides is 1. The highest BCUT2D eigenvalue weighted by Gasteiger charge is 2.31. The fraction of sp³-hybridized carbons (Fsp3) is 0.562. The molecule has 2 rings (SSSR count). The molecule has 0 bridgehead atoms. The van der Waals surface area contributed by atoms with E-state index in [1.54, 1.807) is 7.11 Å². The highest BCUT2D eigenvalue weighted by Crippen LogP contribution is 2.24. The number of carbonyl (C=O) groups excluding carboxylic acids is 1. The van der Waals surface area contributed by atoms with Crippen LogP contribution in [0.15, 0.2) is 24.3 Å². The van der Waals surface area contributed by atoms with Crippen LogP contribution in [0.1, 0.15) is 35.7 Å². The number of hydrogen-bond donors (Lipinski definition) is 1. The van der Waals surface area contributed by atoms with Crippen LogP contribution in [0, 0.1) is 5.92 Å². The van der Waals surface area contributed by atoms with E-state index in [1.165, 1.54) is 0 Å². The monoisotopic (exact) mass is 276 g/mol. The molecule has 1 heterocycles. The number of likely N-dealkylation sites (tertiary alicyclic amines) is 1. The first kappa shape index (κ1) is 15.0. The molecule has 2 N–H and O–H groups in total. The van der Waals surface area contributed by atoms with E-state index in [0.29, 0.717) is 19.1 Å². The number of carbonyl (C=O) groups is 1. The highest BCUT2D eigenvalue weighted by molar-refractivity contribution is 5.94. The van der Waals surface area contributed by atoms with E-state index >= 15 is 0 Å². The molecule has 0 spiro atoms. The van der Waals surface area contributed by atoms with Crippen molar-refractivity contribution < 1.29 is 9.53 Å². The molecule has 4 heteroatoms. The quantitative estimate of drug-likeness (QED) is 0.915. The van der Waals surface area contributed by atoms with Gasteiger partial charge in [0.15, 0.2) is 0 Å². The van der Waals surface area contributed by atoms with Crippen molar-refractivity contribution in [1.82, 2.24) is 4.90 Å². The Labute approximate surface area is 120 Å². The summed E-state index contributed by atoms with van der Waals surface area (Å²) in [6, 6.07) is 7.81. The zero-order valence-electron chi connectivity index (χ0n) is 12.3. The predicted octanol–water partition coefficient (Wildman–Crippen LogP) is 2.03. The number of hydrogen-bond acceptors (Lipinski definition) is 3. The Bertz CT molecular complexity index is 444. The van der Waals surface area contributed by atoms with Crippen LogP contribution >= 0.6 is 0 Å². The van der Waals surface area contributed by atoms with Crippen molar-refractivity contribution in [2.24, 2.45) is 11.7 Å². The summed E-state index contributed by atoms with van der Waals surface area (Å²) < 4.78 is 5.08. The van der Waals surface area contributed by atoms with Gasteiger partial charge >= 0.3 is 0 Å². The molecule has 0 aromatic heterocycles. The van der Waals surface area contributed by atoms with E-state index in [-0.39, 0.29) is 11.9 Å². The molecule has 1 aliphatic heterocycles. The first-order valence-corrected chi connectivity index (χ1v) is 7.26. The molecule has 1 aliphatic rings. The summed E-state index contributed by atoms with van der Waals surface area (Å²) in [6.45, 7) is 4.10. The molecule has 1 fully saturated rings. The summed E-state index contributed by atoms with van der Waals surface area (Å²) in [5.41, 5.74) is 7.66. The minimum Gasteiger partial charge on any atom is -0.380 e. The molecule has 20 heavy (non-hydrogen) atoms. The molecule has 0 unspecified atom stereocenters. The van der Waals surface area contributed by atoms with Crippen molar-refractivity contribution in [3.63, 3.8) is 0 Å². The Kier molecular flexibility index (Phi) is 5.15. The summed E-state index contributed by atoms with van der Waals surface area (Å²) in [7, 11) is 1.67. The molecule has 1 saturated heterocycles. The summed E-state index contributed by atoms with van der Waals surface area (Å²) in [4.78, 5) is 14.6. The smallest absolute Gasteiger partial charge is 0.254 e. The molecule has 0 saturated carbocycles. The average Bonchev–Trinajstić information content (AvgIpc) is 2.47. The van der Waals surface area contributed by atoms with Gasteiger partial charge in [0.25, 0.3) is 5.91 Å². The van der Waals surface area contributed by atoms with E-state index in [9.17, 15) is 4.79 Å². The van der Waals surface area contributed by atoms with E-state index in [1.807, 2.05) is 29.2 Å². The lowest BCUT2D eigenvalue weighted by Gasteiger charge is -2.39. The second-order valence-corrected chi connectivity index (χ2v) is 5.55. The average molecular weight is 276 g/mol. The number of piperidine rings is 1. The Morgan fingerprint density at radius 1 is 1.40 bits per heavy atom. The van der Waals surface area contributed by atoms with Crippen LogP contribution in [0.5, 0.6) is 0 Å². The predicted molar refractivity (Wildman–Crippen MR) is 79.4 cm³/mol. The van der Waals surface area contributed by atoms with E-state index in [2.05, 4.69) is 6.92 Å². The maximum atomic E-state index is 12.6.